The summed E-state index contributed by atoms with van der Waals surface area (Å²) in [7, 11) is 0. The van der Waals surface area contributed by atoms with Crippen LogP contribution in [0.15, 0.2) is 0 Å². The maximum Gasteiger partial charge on any atom is 0.000529 e. The second-order valence-corrected chi connectivity index (χ2v) is 6.46. The molecule has 0 radical (unpaired) electrons. The molecule has 2 heteroatoms. The molecule has 2 rings (SSSR count). The van der Waals surface area contributed by atoms with E-state index in [1.165, 1.54) is 58.3 Å². The van der Waals surface area contributed by atoms with Crippen molar-refractivity contribution in [2.75, 3.05) is 26.2 Å². The van der Waals surface area contributed by atoms with Gasteiger partial charge in [0.1, 0.15) is 0 Å². The highest BCUT2D eigenvalue weighted by Crippen LogP contribution is 2.38. The summed E-state index contributed by atoms with van der Waals surface area (Å²) in [6.07, 6.45) is 7.19. The first-order chi connectivity index (χ1) is 7.68. The van der Waals surface area contributed by atoms with Gasteiger partial charge in [-0.05, 0) is 56.1 Å². The Bertz CT molecular complexity index is 201. The van der Waals surface area contributed by atoms with Gasteiger partial charge >= 0.3 is 0 Å². The Balaban J connectivity index is 1.66. The van der Waals surface area contributed by atoms with Crippen LogP contribution in [0.1, 0.15) is 46.0 Å². The Labute approximate surface area is 101 Å². The highest BCUT2D eigenvalue weighted by molar-refractivity contribution is 4.84. The van der Waals surface area contributed by atoms with Crippen LogP contribution in [0, 0.1) is 17.3 Å². The summed E-state index contributed by atoms with van der Waals surface area (Å²) in [5.74, 6) is 1.83. The van der Waals surface area contributed by atoms with Crippen LogP contribution in [0.4, 0.5) is 0 Å². The Hall–Kier alpha value is -0.0800. The highest BCUT2D eigenvalue weighted by atomic mass is 14.9. The molecule has 0 aromatic heterocycles. The molecule has 1 unspecified atom stereocenters. The molecule has 0 bridgehead atoms. The van der Waals surface area contributed by atoms with Crippen LogP contribution in [0.2, 0.25) is 0 Å². The number of nitrogens with one attached hydrogen (secondary N) is 2. The zero-order valence-corrected chi connectivity index (χ0v) is 11.0. The van der Waals surface area contributed by atoms with Crippen LogP contribution in [-0.4, -0.2) is 26.2 Å². The topological polar surface area (TPSA) is 24.1 Å². The fourth-order valence-corrected chi connectivity index (χ4v) is 3.34. The molecule has 2 nitrogen and oxygen atoms in total. The first kappa shape index (κ1) is 12.4. The van der Waals surface area contributed by atoms with Crippen LogP contribution >= 0.6 is 0 Å². The third kappa shape index (κ3) is 3.21. The zero-order chi connectivity index (χ0) is 11.4. The molecule has 94 valence electrons. The fourth-order valence-electron chi connectivity index (χ4n) is 3.34. The minimum Gasteiger partial charge on any atom is -0.316 e. The first-order valence-corrected chi connectivity index (χ1v) is 7.10. The molecule has 2 fully saturated rings. The minimum atomic E-state index is 0.503. The molecule has 1 saturated carbocycles. The summed E-state index contributed by atoms with van der Waals surface area (Å²) in [5, 5.41) is 7.14. The largest absolute Gasteiger partial charge is 0.316 e. The van der Waals surface area contributed by atoms with E-state index in [4.69, 9.17) is 0 Å². The van der Waals surface area contributed by atoms with E-state index >= 15 is 0 Å². The molecular weight excluding hydrogens is 196 g/mol. The molecule has 16 heavy (non-hydrogen) atoms. The van der Waals surface area contributed by atoms with Crippen LogP contribution in [0.25, 0.3) is 0 Å². The lowest BCUT2D eigenvalue weighted by Crippen LogP contribution is -2.37. The summed E-state index contributed by atoms with van der Waals surface area (Å²) in [4.78, 5) is 0. The lowest BCUT2D eigenvalue weighted by molar-refractivity contribution is 0.205. The maximum absolute atomic E-state index is 3.70. The van der Waals surface area contributed by atoms with Crippen molar-refractivity contribution in [3.8, 4) is 0 Å². The monoisotopic (exact) mass is 224 g/mol. The number of hydrogen-bond acceptors (Lipinski definition) is 2. The standard InChI is InChI=1S/C14H28N2/c1-14(2,13-5-3-4-6-13)11-16-10-12-7-8-15-9-12/h12-13,15-16H,3-11H2,1-2H3. The minimum absolute atomic E-state index is 0.503. The van der Waals surface area contributed by atoms with Crippen LogP contribution in [-0.2, 0) is 0 Å². The van der Waals surface area contributed by atoms with Gasteiger partial charge in [0.15, 0.2) is 0 Å². The lowest BCUT2D eigenvalue weighted by Gasteiger charge is -2.32. The van der Waals surface area contributed by atoms with Crippen LogP contribution < -0.4 is 10.6 Å². The lowest BCUT2D eigenvalue weighted by atomic mass is 9.77. The second kappa shape index (κ2) is 5.50. The summed E-state index contributed by atoms with van der Waals surface area (Å²) in [6.45, 7) is 9.75. The van der Waals surface area contributed by atoms with E-state index < -0.39 is 0 Å². The highest BCUT2D eigenvalue weighted by Gasteiger charge is 2.31. The van der Waals surface area contributed by atoms with Gasteiger partial charge in [-0.25, -0.2) is 0 Å². The molecule has 0 aromatic carbocycles. The van der Waals surface area contributed by atoms with Crippen molar-refractivity contribution in [3.05, 3.63) is 0 Å². The molecule has 0 spiro atoms. The maximum atomic E-state index is 3.70. The molecule has 2 aliphatic rings. The molecule has 1 aliphatic heterocycles. The van der Waals surface area contributed by atoms with Crippen molar-refractivity contribution in [2.45, 2.75) is 46.0 Å². The van der Waals surface area contributed by atoms with Gasteiger partial charge in [-0.2, -0.15) is 0 Å². The molecule has 1 saturated heterocycles. The molecular formula is C14H28N2. The average molecular weight is 224 g/mol. The van der Waals surface area contributed by atoms with Crippen LogP contribution in [0.5, 0.6) is 0 Å². The van der Waals surface area contributed by atoms with Gasteiger partial charge in [0.05, 0.1) is 0 Å². The van der Waals surface area contributed by atoms with E-state index in [9.17, 15) is 0 Å². The summed E-state index contributed by atoms with van der Waals surface area (Å²) < 4.78 is 0. The predicted octanol–water partition coefficient (Wildman–Crippen LogP) is 2.40. The molecule has 0 amide bonds. The Morgan fingerprint density at radius 2 is 1.94 bits per heavy atom. The molecule has 2 N–H and O–H groups in total. The van der Waals surface area contributed by atoms with E-state index in [0.29, 0.717) is 5.41 Å². The Kier molecular flexibility index (Phi) is 4.26. The van der Waals surface area contributed by atoms with Gasteiger partial charge in [0.25, 0.3) is 0 Å². The van der Waals surface area contributed by atoms with Gasteiger partial charge in [-0.3, -0.25) is 0 Å². The normalized spacial score (nSPS) is 27.8. The summed E-state index contributed by atoms with van der Waals surface area (Å²) in [6, 6.07) is 0. The summed E-state index contributed by atoms with van der Waals surface area (Å²) >= 11 is 0. The quantitative estimate of drug-likeness (QED) is 0.749. The summed E-state index contributed by atoms with van der Waals surface area (Å²) in [5.41, 5.74) is 0.503. The average Bonchev–Trinajstić information content (AvgIpc) is 2.90. The molecule has 1 atom stereocenters. The van der Waals surface area contributed by atoms with E-state index in [1.807, 2.05) is 0 Å². The van der Waals surface area contributed by atoms with Crippen molar-refractivity contribution in [2.24, 2.45) is 17.3 Å². The Morgan fingerprint density at radius 3 is 2.56 bits per heavy atom. The fraction of sp³-hybridized carbons (Fsp3) is 1.00. The van der Waals surface area contributed by atoms with Crippen molar-refractivity contribution >= 4 is 0 Å². The number of hydrogen-bond donors (Lipinski definition) is 2. The van der Waals surface area contributed by atoms with Crippen molar-refractivity contribution in [1.82, 2.24) is 10.6 Å². The van der Waals surface area contributed by atoms with Crippen LogP contribution in [0.3, 0.4) is 0 Å². The van der Waals surface area contributed by atoms with Gasteiger partial charge in [-0.15, -0.1) is 0 Å². The van der Waals surface area contributed by atoms with Crippen molar-refractivity contribution < 1.29 is 0 Å². The third-order valence-corrected chi connectivity index (χ3v) is 4.64. The number of rotatable bonds is 5. The molecule has 0 aromatic rings. The zero-order valence-electron chi connectivity index (χ0n) is 11.0. The van der Waals surface area contributed by atoms with Gasteiger partial charge in [-0.1, -0.05) is 26.7 Å². The molecule has 1 aliphatic carbocycles. The smallest absolute Gasteiger partial charge is 0.000529 e. The van der Waals surface area contributed by atoms with Crippen molar-refractivity contribution in [3.63, 3.8) is 0 Å². The second-order valence-electron chi connectivity index (χ2n) is 6.46. The Morgan fingerprint density at radius 1 is 1.19 bits per heavy atom. The third-order valence-electron chi connectivity index (χ3n) is 4.64. The SMILES string of the molecule is CC(C)(CNCC1CCNC1)C1CCCC1. The van der Waals surface area contributed by atoms with Gasteiger partial charge in [0, 0.05) is 6.54 Å². The van der Waals surface area contributed by atoms with Gasteiger partial charge < -0.3 is 10.6 Å². The van der Waals surface area contributed by atoms with Crippen molar-refractivity contribution in [1.29, 1.82) is 0 Å². The van der Waals surface area contributed by atoms with E-state index in [1.54, 1.807) is 0 Å². The van der Waals surface area contributed by atoms with E-state index in [0.717, 1.165) is 11.8 Å². The van der Waals surface area contributed by atoms with Gasteiger partial charge in [0.2, 0.25) is 0 Å². The predicted molar refractivity (Wildman–Crippen MR) is 69.6 cm³/mol. The van der Waals surface area contributed by atoms with E-state index in [-0.39, 0.29) is 0 Å². The molecule has 1 heterocycles. The van der Waals surface area contributed by atoms with E-state index in [2.05, 4.69) is 24.5 Å². The first-order valence-electron chi connectivity index (χ1n) is 7.10.